The van der Waals surface area contributed by atoms with E-state index in [4.69, 9.17) is 5.73 Å². The summed E-state index contributed by atoms with van der Waals surface area (Å²) in [6.07, 6.45) is 3.02. The van der Waals surface area contributed by atoms with E-state index in [-0.39, 0.29) is 5.54 Å². The summed E-state index contributed by atoms with van der Waals surface area (Å²) in [6.45, 7) is 4.07. The van der Waals surface area contributed by atoms with Crippen molar-refractivity contribution < 1.29 is 0 Å². The summed E-state index contributed by atoms with van der Waals surface area (Å²) in [4.78, 5) is 1.28. The molecule has 2 nitrogen and oxygen atoms in total. The van der Waals surface area contributed by atoms with E-state index in [9.17, 15) is 5.26 Å². The molecule has 0 saturated carbocycles. The van der Waals surface area contributed by atoms with Gasteiger partial charge in [-0.1, -0.05) is 30.3 Å². The Labute approximate surface area is 142 Å². The van der Waals surface area contributed by atoms with Crippen LogP contribution in [-0.2, 0) is 5.75 Å². The fourth-order valence-corrected chi connectivity index (χ4v) is 3.79. The zero-order valence-corrected chi connectivity index (χ0v) is 14.3. The lowest BCUT2D eigenvalue weighted by Crippen LogP contribution is -2.30. The Balaban J connectivity index is 2.20. The topological polar surface area (TPSA) is 49.8 Å². The maximum Gasteiger partial charge on any atom is 0.0991 e. The first-order valence-corrected chi connectivity index (χ1v) is 8.71. The minimum Gasteiger partial charge on any atom is -0.325 e. The Bertz CT molecular complexity index is 807. The van der Waals surface area contributed by atoms with E-state index in [1.165, 1.54) is 21.6 Å². The summed E-state index contributed by atoms with van der Waals surface area (Å²) in [6, 6.07) is 16.7. The highest BCUT2D eigenvalue weighted by molar-refractivity contribution is 7.98. The molecular formula is C20H20N2S. The molecule has 0 fully saturated rings. The molecule has 2 aromatic rings. The Hall–Kier alpha value is -2.02. The summed E-state index contributed by atoms with van der Waals surface area (Å²) < 4.78 is 0. The van der Waals surface area contributed by atoms with Crippen LogP contribution in [0, 0.1) is 11.3 Å². The van der Waals surface area contributed by atoms with Crippen LogP contribution in [0.2, 0.25) is 0 Å². The fraction of sp³-hybridized carbons (Fsp3) is 0.250. The van der Waals surface area contributed by atoms with Crippen LogP contribution in [0.3, 0.4) is 0 Å². The number of hydrogen-bond donors (Lipinski definition) is 1. The van der Waals surface area contributed by atoms with E-state index in [0.29, 0.717) is 5.56 Å². The van der Waals surface area contributed by atoms with Gasteiger partial charge in [0.05, 0.1) is 11.6 Å². The van der Waals surface area contributed by atoms with Gasteiger partial charge in [-0.15, -0.1) is 11.8 Å². The highest BCUT2D eigenvalue weighted by Crippen LogP contribution is 2.40. The van der Waals surface area contributed by atoms with Gasteiger partial charge in [0.15, 0.2) is 0 Å². The van der Waals surface area contributed by atoms with Gasteiger partial charge in [-0.25, -0.2) is 0 Å². The molecule has 1 aliphatic rings. The highest BCUT2D eigenvalue weighted by atomic mass is 32.2. The first-order valence-electron chi connectivity index (χ1n) is 7.72. The molecule has 0 radical (unpaired) electrons. The van der Waals surface area contributed by atoms with E-state index in [0.717, 1.165) is 17.7 Å². The first kappa shape index (κ1) is 15.9. The summed E-state index contributed by atoms with van der Waals surface area (Å²) in [5.74, 6) is 0.918. The zero-order valence-electron chi connectivity index (χ0n) is 13.5. The van der Waals surface area contributed by atoms with Gasteiger partial charge in [-0.05, 0) is 60.7 Å². The number of nitriles is 1. The van der Waals surface area contributed by atoms with Gasteiger partial charge in [-0.3, -0.25) is 0 Å². The summed E-state index contributed by atoms with van der Waals surface area (Å²) >= 11 is 1.85. The SMILES string of the molecule is CC(C)(N)CC=C1c2cc(C#N)ccc2CSc2ccccc21. The molecule has 2 aromatic carbocycles. The van der Waals surface area contributed by atoms with Crippen LogP contribution in [-0.4, -0.2) is 5.54 Å². The van der Waals surface area contributed by atoms with Crippen molar-refractivity contribution >= 4 is 17.3 Å². The molecule has 116 valence electrons. The molecule has 23 heavy (non-hydrogen) atoms. The molecule has 0 aliphatic carbocycles. The quantitative estimate of drug-likeness (QED) is 0.870. The van der Waals surface area contributed by atoms with Crippen LogP contribution in [0.4, 0.5) is 0 Å². The van der Waals surface area contributed by atoms with E-state index in [2.05, 4.69) is 42.5 Å². The third-order valence-corrected chi connectivity index (χ3v) is 5.04. The lowest BCUT2D eigenvalue weighted by atomic mass is 9.90. The minimum atomic E-state index is -0.256. The van der Waals surface area contributed by atoms with Gasteiger partial charge in [-0.2, -0.15) is 5.26 Å². The molecule has 0 atom stereocenters. The van der Waals surface area contributed by atoms with Gasteiger partial charge in [0.25, 0.3) is 0 Å². The second-order valence-electron chi connectivity index (χ2n) is 6.58. The lowest BCUT2D eigenvalue weighted by Gasteiger charge is -2.18. The number of nitrogens with zero attached hydrogens (tertiary/aromatic N) is 1. The van der Waals surface area contributed by atoms with E-state index >= 15 is 0 Å². The largest absolute Gasteiger partial charge is 0.325 e. The van der Waals surface area contributed by atoms with Crippen LogP contribution in [0.15, 0.2) is 53.4 Å². The zero-order chi connectivity index (χ0) is 16.4. The Morgan fingerprint density at radius 1 is 1.22 bits per heavy atom. The Kier molecular flexibility index (Phi) is 4.30. The molecule has 0 aromatic heterocycles. The van der Waals surface area contributed by atoms with E-state index in [1.54, 1.807) is 0 Å². The van der Waals surface area contributed by atoms with Crippen molar-refractivity contribution in [1.82, 2.24) is 0 Å². The molecule has 2 N–H and O–H groups in total. The molecule has 0 bridgehead atoms. The number of hydrogen-bond acceptors (Lipinski definition) is 3. The first-order chi connectivity index (χ1) is 11.0. The van der Waals surface area contributed by atoms with Gasteiger partial charge >= 0.3 is 0 Å². The van der Waals surface area contributed by atoms with Crippen LogP contribution in [0.25, 0.3) is 5.57 Å². The van der Waals surface area contributed by atoms with Crippen LogP contribution in [0.5, 0.6) is 0 Å². The average molecular weight is 320 g/mol. The molecule has 0 saturated heterocycles. The predicted molar refractivity (Wildman–Crippen MR) is 97.1 cm³/mol. The smallest absolute Gasteiger partial charge is 0.0991 e. The molecule has 0 spiro atoms. The van der Waals surface area contributed by atoms with Gasteiger partial charge in [0.2, 0.25) is 0 Å². The molecule has 3 rings (SSSR count). The highest BCUT2D eigenvalue weighted by Gasteiger charge is 2.19. The summed E-state index contributed by atoms with van der Waals surface area (Å²) in [7, 11) is 0. The van der Waals surface area contributed by atoms with Crippen molar-refractivity contribution in [2.45, 2.75) is 36.5 Å². The average Bonchev–Trinajstić information content (AvgIpc) is 2.68. The number of rotatable bonds is 2. The fourth-order valence-electron chi connectivity index (χ4n) is 2.72. The molecule has 0 unspecified atom stereocenters. The second-order valence-corrected chi connectivity index (χ2v) is 7.60. The summed E-state index contributed by atoms with van der Waals surface area (Å²) in [5.41, 5.74) is 11.5. The van der Waals surface area contributed by atoms with Crippen molar-refractivity contribution in [2.24, 2.45) is 5.73 Å². The van der Waals surface area contributed by atoms with Crippen LogP contribution in [0.1, 0.15) is 42.5 Å². The van der Waals surface area contributed by atoms with Crippen molar-refractivity contribution in [3.05, 3.63) is 70.8 Å². The normalized spacial score (nSPS) is 15.5. The van der Waals surface area contributed by atoms with Gasteiger partial charge in [0, 0.05) is 16.2 Å². The summed E-state index contributed by atoms with van der Waals surface area (Å²) in [5, 5.41) is 9.26. The van der Waals surface area contributed by atoms with Crippen LogP contribution < -0.4 is 5.73 Å². The predicted octanol–water partition coefficient (Wildman–Crippen LogP) is 4.72. The van der Waals surface area contributed by atoms with Crippen LogP contribution >= 0.6 is 11.8 Å². The number of nitrogens with two attached hydrogens (primary N) is 1. The third-order valence-electron chi connectivity index (χ3n) is 3.92. The van der Waals surface area contributed by atoms with Gasteiger partial charge in [0.1, 0.15) is 0 Å². The maximum absolute atomic E-state index is 9.26. The van der Waals surface area contributed by atoms with Gasteiger partial charge < -0.3 is 5.73 Å². The second kappa shape index (κ2) is 6.23. The van der Waals surface area contributed by atoms with Crippen molar-refractivity contribution in [1.29, 1.82) is 5.26 Å². The molecular weight excluding hydrogens is 300 g/mol. The lowest BCUT2D eigenvalue weighted by molar-refractivity contribution is 0.528. The molecule has 3 heteroatoms. The molecule has 1 aliphatic heterocycles. The number of thioether (sulfide) groups is 1. The van der Waals surface area contributed by atoms with E-state index < -0.39 is 0 Å². The molecule has 0 amide bonds. The maximum atomic E-state index is 9.26. The number of benzene rings is 2. The van der Waals surface area contributed by atoms with Crippen molar-refractivity contribution in [3.8, 4) is 6.07 Å². The Morgan fingerprint density at radius 2 is 2.00 bits per heavy atom. The Morgan fingerprint density at radius 3 is 2.74 bits per heavy atom. The van der Waals surface area contributed by atoms with Crippen molar-refractivity contribution in [2.75, 3.05) is 0 Å². The molecule has 1 heterocycles. The monoisotopic (exact) mass is 320 g/mol. The number of fused-ring (bicyclic) bond motifs is 2. The van der Waals surface area contributed by atoms with Crippen molar-refractivity contribution in [3.63, 3.8) is 0 Å². The minimum absolute atomic E-state index is 0.256. The third kappa shape index (κ3) is 3.50. The van der Waals surface area contributed by atoms with E-state index in [1.807, 2.05) is 37.7 Å². The standard InChI is InChI=1S/C20H20N2S/c1-20(2,22)10-9-16-17-5-3-4-6-19(17)23-13-15-8-7-14(12-21)11-18(15)16/h3-9,11H,10,13,22H2,1-2H3.